The van der Waals surface area contributed by atoms with E-state index >= 15 is 0 Å². The molecule has 21 N–H and O–H groups in total. The number of carbonyl (C=O) groups is 13. The molecule has 0 bridgehead atoms. The average Bonchev–Trinajstić information content (AvgIpc) is 0.712. The highest BCUT2D eigenvalue weighted by atomic mass is 16.7. The summed E-state index contributed by atoms with van der Waals surface area (Å²) in [6.45, 7) is -1.63. The van der Waals surface area contributed by atoms with Crippen LogP contribution in [-0.4, -0.2) is 237 Å². The summed E-state index contributed by atoms with van der Waals surface area (Å²) in [5, 5.41) is 123. The molecule has 4 aliphatic rings. The van der Waals surface area contributed by atoms with E-state index in [9.17, 15) is 103 Å². The maximum atomic E-state index is 14.2. The van der Waals surface area contributed by atoms with E-state index < -0.39 is 217 Å². The summed E-state index contributed by atoms with van der Waals surface area (Å²) in [5.74, 6) is -15.6. The fraction of sp³-hybridized carbons (Fsp3) is 0.443. The van der Waals surface area contributed by atoms with Crippen molar-refractivity contribution in [3.63, 3.8) is 0 Å². The number of carbonyl (C=O) groups excluding carboxylic acids is 11. The van der Waals surface area contributed by atoms with Crippen LogP contribution >= 0.6 is 0 Å². The number of ketones is 3. The number of amides is 8. The smallest absolute Gasteiger partial charge is 0.305 e. The second-order valence-electron chi connectivity index (χ2n) is 25.9. The zero-order valence-corrected chi connectivity index (χ0v) is 58.5. The lowest BCUT2D eigenvalue weighted by atomic mass is 9.72. The topological polar surface area (TPSA) is 603 Å². The number of unbranched alkanes of at least 4 members (excludes halogenated alkanes) is 2. The van der Waals surface area contributed by atoms with Crippen molar-refractivity contribution >= 4 is 88.7 Å². The minimum Gasteiger partial charge on any atom is -0.507 e. The predicted octanol–water partition coefficient (Wildman–Crippen LogP) is -3.24. The Morgan fingerprint density at radius 1 is 0.778 bits per heavy atom. The first-order valence-corrected chi connectivity index (χ1v) is 34.2. The Morgan fingerprint density at radius 2 is 1.45 bits per heavy atom. The summed E-state index contributed by atoms with van der Waals surface area (Å²) in [4.78, 5) is 178. The van der Waals surface area contributed by atoms with Crippen LogP contribution in [0.3, 0.4) is 0 Å². The van der Waals surface area contributed by atoms with Crippen molar-refractivity contribution in [2.24, 2.45) is 10.9 Å². The van der Waals surface area contributed by atoms with Crippen LogP contribution in [0.25, 0.3) is 0 Å². The van der Waals surface area contributed by atoms with Gasteiger partial charge in [0, 0.05) is 61.5 Å². The molecule has 8 amide bonds. The second-order valence-corrected chi connectivity index (χ2v) is 25.9. The molecule has 0 saturated carbocycles. The maximum absolute atomic E-state index is 14.2. The molecule has 0 aromatic heterocycles. The minimum atomic E-state index is -2.44. The van der Waals surface area contributed by atoms with Crippen LogP contribution in [0.15, 0.2) is 71.9 Å². The van der Waals surface area contributed by atoms with Crippen LogP contribution in [0.4, 0.5) is 0 Å². The van der Waals surface area contributed by atoms with Gasteiger partial charge in [-0.2, -0.15) is 0 Å². The van der Waals surface area contributed by atoms with Crippen LogP contribution in [0.2, 0.25) is 0 Å². The van der Waals surface area contributed by atoms with Crippen LogP contribution < -0.4 is 63.6 Å². The lowest BCUT2D eigenvalue weighted by Crippen LogP contribution is -2.58. The van der Waals surface area contributed by atoms with Crippen LogP contribution in [0.5, 0.6) is 23.0 Å². The van der Waals surface area contributed by atoms with E-state index in [1.54, 1.807) is 30.3 Å². The Labute approximate surface area is 615 Å². The van der Waals surface area contributed by atoms with Crippen molar-refractivity contribution in [3.05, 3.63) is 117 Å². The van der Waals surface area contributed by atoms with Crippen LogP contribution in [0.1, 0.15) is 142 Å². The minimum absolute atomic E-state index is 0.000392. The third-order valence-corrected chi connectivity index (χ3v) is 18.2. The van der Waals surface area contributed by atoms with Gasteiger partial charge >= 0.3 is 11.9 Å². The van der Waals surface area contributed by atoms with Gasteiger partial charge in [0.15, 0.2) is 30.4 Å². The van der Waals surface area contributed by atoms with E-state index in [1.807, 2.05) is 0 Å². The highest BCUT2D eigenvalue weighted by molar-refractivity contribution is 6.31. The highest BCUT2D eigenvalue weighted by Crippen LogP contribution is 2.53. The standard InChI is InChI=1S/C70H85N13O25/c1-33-58(93)41(25-53(107-33)108-47-27-70(104,48(86)30-84)26-38-55(47)62(97)57-56(60(38)95)59(94)36-13-9-16-46(105-2)54(36)61(57)96)76-32-77-63(98)37-21-35(17-18-45(37)85)28-78-106-31-50(88)80-43(23-51(89)90)65(100)73-19-8-4-7-14-40-66(101)81-39(15-10-20-74-69(71)72)64(99)75-29-49(87)79-44(24-52(91)92)68(103)83-42(67(102)82-40)22-34-11-5-3-6-12-34/h3,5-6,9,11-13,16-18,21,28,33,39-44,47,53,58,76,84-85,93,95,97,104H,4,7-8,10,14-15,19-20,22-27,29-32H2,1-2H3,(H,73,100)(H,75,99)(H,77,98)(H,79,87)(H,80,88)(H,81,101)(H,82,102)(H,83,103)(H,89,90)(H,91,92)(H4,71,72,74)/b78-28+/t33-,39-,40-,41-,42+,43-,44-,47-,53-,58+,70-/m0/s1. The molecule has 0 radical (unpaired) electrons. The van der Waals surface area contributed by atoms with Gasteiger partial charge < -0.3 is 113 Å². The summed E-state index contributed by atoms with van der Waals surface area (Å²) >= 11 is 0. The highest BCUT2D eigenvalue weighted by Gasteiger charge is 2.51. The number of methoxy groups -OCH3 is 1. The molecule has 2 fully saturated rings. The molecule has 2 aliphatic heterocycles. The number of hydrogen-bond donors (Lipinski definition) is 20. The second kappa shape index (κ2) is 37.5. The van der Waals surface area contributed by atoms with E-state index in [4.69, 9.17) is 30.2 Å². The molecule has 4 aromatic rings. The van der Waals surface area contributed by atoms with Crippen molar-refractivity contribution in [2.45, 2.75) is 150 Å². The quantitative estimate of drug-likeness (QED) is 0.00518. The molecular formula is C70H85N13O25. The van der Waals surface area contributed by atoms with Gasteiger partial charge in [-0.15, -0.1) is 0 Å². The maximum Gasteiger partial charge on any atom is 0.305 e. The molecule has 8 rings (SSSR count). The summed E-state index contributed by atoms with van der Waals surface area (Å²) in [5.41, 5.74) is 1.23. The zero-order valence-electron chi connectivity index (χ0n) is 58.5. The third kappa shape index (κ3) is 21.1. The first-order valence-electron chi connectivity index (χ1n) is 34.2. The van der Waals surface area contributed by atoms with Gasteiger partial charge in [0.1, 0.15) is 65.4 Å². The number of aliphatic hydroxyl groups excluding tert-OH is 2. The Hall–Kier alpha value is -11.7. The summed E-state index contributed by atoms with van der Waals surface area (Å²) in [7, 11) is 1.27. The number of Topliss-reactive ketones (excluding diaryl/α,β-unsaturated/α-hetero) is 1. The molecule has 108 heavy (non-hydrogen) atoms. The SMILES string of the molecule is COc1cccc2c1C(=O)c1c(O)c3c(c(O)c1C2=O)C[C@@](O)(C(=O)CO)C[C@@H]3O[C@H]1C[C@H](NCNC(=O)c2cc(/C=N/OCC(=O)N[C@@H](CC(=O)O)C(=O)NCCCCC[C@@H]3NC(=O)[C@@H](Cc4ccccc4)NC(=O)[C@H](CC(=O)O)NC(=O)CNC(=O)[C@H](CCCNC(=N)N)NC3=O)ccc2O)[C@H](O)[C@H](C)O1. The van der Waals surface area contributed by atoms with Crippen LogP contribution in [-0.2, 0) is 75.1 Å². The number of fused-ring (bicyclic) bond motifs is 3. The van der Waals surface area contributed by atoms with E-state index in [0.29, 0.717) is 5.56 Å². The number of nitrogens with two attached hydrogens (primary N) is 1. The summed E-state index contributed by atoms with van der Waals surface area (Å²) < 4.78 is 17.6. The number of hydrogen-bond acceptors (Lipinski definition) is 26. The van der Waals surface area contributed by atoms with E-state index in [2.05, 4.69) is 58.3 Å². The number of rotatable bonds is 31. The fourth-order valence-corrected chi connectivity index (χ4v) is 12.8. The third-order valence-electron chi connectivity index (χ3n) is 18.2. The van der Waals surface area contributed by atoms with Gasteiger partial charge in [0.05, 0.1) is 79.9 Å². The number of aliphatic carboxylic acids is 2. The number of phenolic OH excluding ortho intramolecular Hbond substituents is 3. The number of oxime groups is 1. The lowest BCUT2D eigenvalue weighted by molar-refractivity contribution is -0.249. The molecule has 38 nitrogen and oxygen atoms in total. The molecule has 2 heterocycles. The zero-order chi connectivity index (χ0) is 78.7. The van der Waals surface area contributed by atoms with Gasteiger partial charge in [-0.3, -0.25) is 73.1 Å². The number of ether oxygens (including phenoxy) is 3. The first kappa shape index (κ1) is 82.0. The number of guanidine groups is 1. The number of aliphatic hydroxyl groups is 3. The molecule has 2 aliphatic carbocycles. The number of nitrogens with zero attached hydrogens (tertiary/aromatic N) is 1. The molecule has 4 aromatic carbocycles. The monoisotopic (exact) mass is 1510 g/mol. The Kier molecular flexibility index (Phi) is 28.5. The molecule has 2 saturated heterocycles. The predicted molar refractivity (Wildman–Crippen MR) is 373 cm³/mol. The van der Waals surface area contributed by atoms with Gasteiger partial charge in [-0.25, -0.2) is 0 Å². The number of benzene rings is 4. The van der Waals surface area contributed by atoms with E-state index in [-0.39, 0.29) is 116 Å². The van der Waals surface area contributed by atoms with Crippen molar-refractivity contribution in [1.82, 2.24) is 53.2 Å². The molecule has 0 spiro atoms. The van der Waals surface area contributed by atoms with Gasteiger partial charge in [0.2, 0.25) is 41.2 Å². The first-order chi connectivity index (χ1) is 51.4. The number of nitrogens with one attached hydrogen (secondary N) is 11. The van der Waals surface area contributed by atoms with Crippen molar-refractivity contribution < 1.29 is 122 Å². The molecular weight excluding hydrogens is 1420 g/mol. The number of aromatic hydroxyl groups is 3. The van der Waals surface area contributed by atoms with E-state index in [1.165, 1.54) is 44.4 Å². The van der Waals surface area contributed by atoms with Crippen molar-refractivity contribution in [2.75, 3.05) is 46.6 Å². The summed E-state index contributed by atoms with van der Waals surface area (Å²) in [6, 6.07) is 7.77. The molecule has 0 unspecified atom stereocenters. The molecule has 11 atom stereocenters. The Bertz CT molecular complexity index is 4140. The normalized spacial score (nSPS) is 22.6. The van der Waals surface area contributed by atoms with Crippen molar-refractivity contribution in [3.8, 4) is 23.0 Å². The van der Waals surface area contributed by atoms with Crippen molar-refractivity contribution in [1.29, 1.82) is 5.41 Å². The largest absolute Gasteiger partial charge is 0.507 e. The van der Waals surface area contributed by atoms with Gasteiger partial charge in [-0.1, -0.05) is 60.5 Å². The Balaban J connectivity index is 0.835. The molecule has 38 heteroatoms. The fourth-order valence-electron chi connectivity index (χ4n) is 12.8. The number of carboxylic acid groups (broad SMARTS) is 2. The van der Waals surface area contributed by atoms with E-state index in [0.717, 1.165) is 12.3 Å². The van der Waals surface area contributed by atoms with Gasteiger partial charge in [0.25, 0.3) is 11.8 Å². The summed E-state index contributed by atoms with van der Waals surface area (Å²) in [6.07, 6.45) is -7.07. The molecule has 580 valence electrons. The number of phenols is 3. The lowest BCUT2D eigenvalue weighted by Gasteiger charge is -2.43. The Morgan fingerprint density at radius 3 is 2.15 bits per heavy atom. The van der Waals surface area contributed by atoms with Crippen LogP contribution in [0, 0.1) is 5.41 Å². The van der Waals surface area contributed by atoms with Gasteiger partial charge in [-0.05, 0) is 68.0 Å². The number of carboxylic acids is 2. The average molecular weight is 1510 g/mol.